The van der Waals surface area contributed by atoms with E-state index in [1.54, 1.807) is 18.2 Å². The van der Waals surface area contributed by atoms with Gasteiger partial charge in [-0.2, -0.15) is 5.26 Å². The van der Waals surface area contributed by atoms with Crippen LogP contribution in [0.4, 0.5) is 4.39 Å². The first-order valence-electron chi connectivity index (χ1n) is 5.89. The summed E-state index contributed by atoms with van der Waals surface area (Å²) >= 11 is 11.8. The topological polar surface area (TPSA) is 40.9 Å². The van der Waals surface area contributed by atoms with E-state index in [1.807, 2.05) is 0 Å². The maximum atomic E-state index is 13.6. The fourth-order valence-corrected chi connectivity index (χ4v) is 2.18. The molecule has 0 aliphatic heterocycles. The van der Waals surface area contributed by atoms with Crippen LogP contribution in [0.15, 0.2) is 48.0 Å². The molecule has 0 atom stereocenters. The number of carbonyl (C=O) groups is 1. The largest absolute Gasteiger partial charge is 0.288 e. The zero-order valence-electron chi connectivity index (χ0n) is 10.6. The standard InChI is InChI=1S/C16H8Cl2FNO/c17-12-6-5-10(14(18)8-12)7-11(9-20)16(21)13-3-1-2-4-15(13)19/h1-8H/b11-7+. The summed E-state index contributed by atoms with van der Waals surface area (Å²) in [5.74, 6) is -1.37. The predicted molar refractivity (Wildman–Crippen MR) is 80.8 cm³/mol. The average Bonchev–Trinajstić information content (AvgIpc) is 2.46. The van der Waals surface area contributed by atoms with E-state index in [0.717, 1.165) is 6.07 Å². The molecule has 104 valence electrons. The third kappa shape index (κ3) is 3.49. The quantitative estimate of drug-likeness (QED) is 0.457. The number of hydrogen-bond donors (Lipinski definition) is 0. The van der Waals surface area contributed by atoms with E-state index >= 15 is 0 Å². The SMILES string of the molecule is N#C/C(=C\c1ccc(Cl)cc1Cl)C(=O)c1ccccc1F. The third-order valence-electron chi connectivity index (χ3n) is 2.75. The Bertz CT molecular complexity index is 778. The van der Waals surface area contributed by atoms with Gasteiger partial charge in [0.05, 0.1) is 5.56 Å². The van der Waals surface area contributed by atoms with Crippen molar-refractivity contribution >= 4 is 35.1 Å². The number of allylic oxidation sites excluding steroid dienone is 1. The highest BCUT2D eigenvalue weighted by Gasteiger charge is 2.16. The van der Waals surface area contributed by atoms with Gasteiger partial charge in [-0.25, -0.2) is 4.39 Å². The van der Waals surface area contributed by atoms with Crippen molar-refractivity contribution in [2.75, 3.05) is 0 Å². The zero-order chi connectivity index (χ0) is 15.4. The molecule has 0 amide bonds. The molecule has 21 heavy (non-hydrogen) atoms. The Hall–Kier alpha value is -2.15. The number of carbonyl (C=O) groups excluding carboxylic acids is 1. The molecule has 0 spiro atoms. The molecule has 2 aromatic rings. The highest BCUT2D eigenvalue weighted by molar-refractivity contribution is 6.35. The van der Waals surface area contributed by atoms with Crippen LogP contribution in [0.5, 0.6) is 0 Å². The Labute approximate surface area is 131 Å². The molecule has 0 aromatic heterocycles. The number of halogens is 3. The van der Waals surface area contributed by atoms with Gasteiger partial charge in [0, 0.05) is 10.0 Å². The molecule has 2 rings (SSSR count). The van der Waals surface area contributed by atoms with Crippen molar-refractivity contribution in [2.45, 2.75) is 0 Å². The Balaban J connectivity index is 2.45. The van der Waals surface area contributed by atoms with E-state index in [9.17, 15) is 9.18 Å². The number of benzene rings is 2. The van der Waals surface area contributed by atoms with Crippen molar-refractivity contribution in [3.05, 3.63) is 75.0 Å². The van der Waals surface area contributed by atoms with Gasteiger partial charge >= 0.3 is 0 Å². The molecule has 0 saturated heterocycles. The van der Waals surface area contributed by atoms with Crippen molar-refractivity contribution in [1.82, 2.24) is 0 Å². The van der Waals surface area contributed by atoms with Gasteiger partial charge in [-0.05, 0) is 35.9 Å². The second-order valence-electron chi connectivity index (χ2n) is 4.14. The summed E-state index contributed by atoms with van der Waals surface area (Å²) < 4.78 is 13.6. The molecule has 0 aliphatic carbocycles. The van der Waals surface area contributed by atoms with Crippen molar-refractivity contribution < 1.29 is 9.18 Å². The Morgan fingerprint density at radius 3 is 2.52 bits per heavy atom. The summed E-state index contributed by atoms with van der Waals surface area (Å²) in [7, 11) is 0. The van der Waals surface area contributed by atoms with Gasteiger partial charge in [0.2, 0.25) is 5.78 Å². The number of Topliss-reactive ketones (excluding diaryl/α,β-unsaturated/α-hetero) is 1. The Morgan fingerprint density at radius 1 is 1.19 bits per heavy atom. The molecule has 0 saturated carbocycles. The lowest BCUT2D eigenvalue weighted by atomic mass is 10.0. The second-order valence-corrected chi connectivity index (χ2v) is 4.99. The lowest BCUT2D eigenvalue weighted by Gasteiger charge is -2.03. The first-order valence-corrected chi connectivity index (χ1v) is 6.64. The number of hydrogen-bond acceptors (Lipinski definition) is 2. The lowest BCUT2D eigenvalue weighted by molar-refractivity contribution is 0.103. The zero-order valence-corrected chi connectivity index (χ0v) is 12.1. The van der Waals surface area contributed by atoms with Gasteiger partial charge in [-0.1, -0.05) is 41.4 Å². The van der Waals surface area contributed by atoms with Gasteiger partial charge in [0.1, 0.15) is 17.5 Å². The van der Waals surface area contributed by atoms with Crippen molar-refractivity contribution in [3.63, 3.8) is 0 Å². The Kier molecular flexibility index (Phi) is 4.74. The van der Waals surface area contributed by atoms with Crippen LogP contribution in [-0.4, -0.2) is 5.78 Å². The lowest BCUT2D eigenvalue weighted by Crippen LogP contribution is -2.04. The summed E-state index contributed by atoms with van der Waals surface area (Å²) in [6.07, 6.45) is 1.31. The highest BCUT2D eigenvalue weighted by Crippen LogP contribution is 2.24. The minimum Gasteiger partial charge on any atom is -0.288 e. The van der Waals surface area contributed by atoms with Gasteiger partial charge in [-0.3, -0.25) is 4.79 Å². The first-order chi connectivity index (χ1) is 10.0. The molecule has 0 aliphatic rings. The maximum absolute atomic E-state index is 13.6. The highest BCUT2D eigenvalue weighted by atomic mass is 35.5. The third-order valence-corrected chi connectivity index (χ3v) is 3.31. The van der Waals surface area contributed by atoms with Crippen molar-refractivity contribution in [3.8, 4) is 6.07 Å². The molecule has 0 heterocycles. The molecule has 0 radical (unpaired) electrons. The molecule has 0 unspecified atom stereocenters. The molecule has 0 bridgehead atoms. The molecule has 2 aromatic carbocycles. The summed E-state index contributed by atoms with van der Waals surface area (Å²) in [6.45, 7) is 0. The van der Waals surface area contributed by atoms with E-state index in [0.29, 0.717) is 15.6 Å². The molecule has 5 heteroatoms. The molecule has 2 nitrogen and oxygen atoms in total. The van der Waals surface area contributed by atoms with Crippen LogP contribution >= 0.6 is 23.2 Å². The number of rotatable bonds is 3. The van der Waals surface area contributed by atoms with E-state index in [2.05, 4.69) is 0 Å². The summed E-state index contributed by atoms with van der Waals surface area (Å²) in [6, 6.07) is 11.9. The smallest absolute Gasteiger partial charge is 0.206 e. The molecular weight excluding hydrogens is 312 g/mol. The predicted octanol–water partition coefficient (Wildman–Crippen LogP) is 4.92. The molecular formula is C16H8Cl2FNO. The van der Waals surface area contributed by atoms with Crippen LogP contribution < -0.4 is 0 Å². The van der Waals surface area contributed by atoms with Crippen LogP contribution in [0, 0.1) is 17.1 Å². The maximum Gasteiger partial charge on any atom is 0.206 e. The van der Waals surface area contributed by atoms with E-state index in [4.69, 9.17) is 28.5 Å². The number of nitrogens with zero attached hydrogens (tertiary/aromatic N) is 1. The average molecular weight is 320 g/mol. The first kappa shape index (κ1) is 15.2. The fraction of sp³-hybridized carbons (Fsp3) is 0. The Morgan fingerprint density at radius 2 is 1.90 bits per heavy atom. The summed E-state index contributed by atoms with van der Waals surface area (Å²) in [5, 5.41) is 9.87. The fourth-order valence-electron chi connectivity index (χ4n) is 1.71. The number of ketones is 1. The van der Waals surface area contributed by atoms with E-state index in [1.165, 1.54) is 30.3 Å². The van der Waals surface area contributed by atoms with Crippen LogP contribution in [0.1, 0.15) is 15.9 Å². The monoisotopic (exact) mass is 319 g/mol. The van der Waals surface area contributed by atoms with Crippen molar-refractivity contribution in [1.29, 1.82) is 5.26 Å². The van der Waals surface area contributed by atoms with E-state index < -0.39 is 11.6 Å². The molecule has 0 N–H and O–H groups in total. The van der Waals surface area contributed by atoms with Crippen LogP contribution in [0.2, 0.25) is 10.0 Å². The van der Waals surface area contributed by atoms with Crippen LogP contribution in [0.3, 0.4) is 0 Å². The van der Waals surface area contributed by atoms with Gasteiger partial charge in [-0.15, -0.1) is 0 Å². The van der Waals surface area contributed by atoms with Crippen molar-refractivity contribution in [2.24, 2.45) is 0 Å². The number of nitriles is 1. The van der Waals surface area contributed by atoms with Gasteiger partial charge in [0.15, 0.2) is 0 Å². The minimum atomic E-state index is -0.693. The van der Waals surface area contributed by atoms with Crippen LogP contribution in [-0.2, 0) is 0 Å². The van der Waals surface area contributed by atoms with E-state index in [-0.39, 0.29) is 11.1 Å². The molecule has 0 fully saturated rings. The summed E-state index contributed by atoms with van der Waals surface area (Å²) in [5.41, 5.74) is 0.0991. The van der Waals surface area contributed by atoms with Gasteiger partial charge < -0.3 is 0 Å². The van der Waals surface area contributed by atoms with Crippen LogP contribution in [0.25, 0.3) is 6.08 Å². The summed E-state index contributed by atoms with van der Waals surface area (Å²) in [4.78, 5) is 12.2. The van der Waals surface area contributed by atoms with Gasteiger partial charge in [0.25, 0.3) is 0 Å². The normalized spacial score (nSPS) is 11.0. The second kappa shape index (κ2) is 6.53. The minimum absolute atomic E-state index is 0.157.